The van der Waals surface area contributed by atoms with E-state index in [-0.39, 0.29) is 23.4 Å². The molecule has 0 bridgehead atoms. The van der Waals surface area contributed by atoms with E-state index < -0.39 is 47.4 Å². The molecule has 3 rings (SSSR count). The second-order valence-electron chi connectivity index (χ2n) is 6.29. The second-order valence-corrected chi connectivity index (χ2v) is 6.29. The molecule has 154 valence electrons. The van der Waals surface area contributed by atoms with E-state index in [9.17, 15) is 29.6 Å². The van der Waals surface area contributed by atoms with Gasteiger partial charge in [-0.25, -0.2) is 9.59 Å². The normalized spacial score (nSPS) is 21.0. The first-order valence-electron chi connectivity index (χ1n) is 8.49. The zero-order chi connectivity index (χ0) is 21.1. The van der Waals surface area contributed by atoms with Gasteiger partial charge in [-0.1, -0.05) is 0 Å². The first-order chi connectivity index (χ1) is 13.8. The van der Waals surface area contributed by atoms with Gasteiger partial charge in [-0.3, -0.25) is 24.5 Å². The predicted octanol–water partition coefficient (Wildman–Crippen LogP) is 0.617. The minimum absolute atomic E-state index is 0.0316. The zero-order valence-electron chi connectivity index (χ0n) is 15.1. The fraction of sp³-hybridized carbons (Fsp3) is 0.353. The number of ether oxygens (including phenoxy) is 3. The van der Waals surface area contributed by atoms with Crippen LogP contribution in [0.5, 0.6) is 5.75 Å². The quantitative estimate of drug-likeness (QED) is 0.313. The third kappa shape index (κ3) is 4.50. The summed E-state index contributed by atoms with van der Waals surface area (Å²) in [5.74, 6) is 0.0316. The van der Waals surface area contributed by atoms with Crippen molar-refractivity contribution in [2.45, 2.75) is 31.8 Å². The summed E-state index contributed by atoms with van der Waals surface area (Å²) in [6, 6.07) is 4.80. The highest BCUT2D eigenvalue weighted by Crippen LogP contribution is 2.30. The second kappa shape index (κ2) is 8.24. The van der Waals surface area contributed by atoms with Crippen LogP contribution in [0.2, 0.25) is 0 Å². The molecular formula is C17H17N3O9. The highest BCUT2D eigenvalue weighted by Gasteiger charge is 2.39. The highest BCUT2D eigenvalue weighted by molar-refractivity contribution is 5.64. The maximum absolute atomic E-state index is 12.0. The molecule has 0 amide bonds. The van der Waals surface area contributed by atoms with E-state index >= 15 is 0 Å². The Morgan fingerprint density at radius 1 is 1.38 bits per heavy atom. The average molecular weight is 407 g/mol. The van der Waals surface area contributed by atoms with Gasteiger partial charge in [-0.15, -0.1) is 0 Å². The lowest BCUT2D eigenvalue weighted by Gasteiger charge is -2.16. The van der Waals surface area contributed by atoms with Gasteiger partial charge in [0, 0.05) is 30.3 Å². The van der Waals surface area contributed by atoms with Gasteiger partial charge in [0.15, 0.2) is 0 Å². The molecule has 0 spiro atoms. The van der Waals surface area contributed by atoms with E-state index in [0.29, 0.717) is 0 Å². The number of nitro benzene ring substituents is 1. The maximum Gasteiger partial charge on any atom is 0.514 e. The van der Waals surface area contributed by atoms with E-state index in [1.54, 1.807) is 0 Å². The molecule has 0 radical (unpaired) electrons. The highest BCUT2D eigenvalue weighted by atomic mass is 16.7. The summed E-state index contributed by atoms with van der Waals surface area (Å²) >= 11 is 0. The number of nitro groups is 1. The molecule has 0 aliphatic carbocycles. The number of aryl methyl sites for hydroxylation is 1. The van der Waals surface area contributed by atoms with Gasteiger partial charge in [0.1, 0.15) is 24.2 Å². The molecule has 12 nitrogen and oxygen atoms in total. The maximum atomic E-state index is 12.0. The van der Waals surface area contributed by atoms with Crippen molar-refractivity contribution < 1.29 is 29.0 Å². The van der Waals surface area contributed by atoms with Crippen molar-refractivity contribution in [1.82, 2.24) is 9.55 Å². The minimum atomic E-state index is -1.10. The Balaban J connectivity index is 1.68. The number of non-ortho nitro benzene ring substituents is 1. The lowest BCUT2D eigenvalue weighted by Crippen LogP contribution is -2.33. The van der Waals surface area contributed by atoms with Crippen LogP contribution in [0, 0.1) is 17.0 Å². The standard InChI is InChI=1S/C17H17N3O9/c1-9-7-19(16(23)18-15(9)22)14-6-12(13(8-21)28-14)29-17(24)27-11-4-2-10(3-5-11)20(25)26/h2-5,7,12-14,21H,6,8H2,1H3,(H,18,22,23)/t12-,13-,14-/m1/s1. The van der Waals surface area contributed by atoms with Gasteiger partial charge in [0.05, 0.1) is 11.5 Å². The van der Waals surface area contributed by atoms with E-state index in [4.69, 9.17) is 14.2 Å². The molecule has 1 fully saturated rings. The molecule has 12 heteroatoms. The summed E-state index contributed by atoms with van der Waals surface area (Å²) in [6.45, 7) is 1.03. The summed E-state index contributed by atoms with van der Waals surface area (Å²) in [4.78, 5) is 47.7. The van der Waals surface area contributed by atoms with E-state index in [1.807, 2.05) is 0 Å². The summed E-state index contributed by atoms with van der Waals surface area (Å²) in [5.41, 5.74) is -1.10. The van der Waals surface area contributed by atoms with Crippen molar-refractivity contribution in [3.63, 3.8) is 0 Å². The third-order valence-electron chi connectivity index (χ3n) is 4.31. The van der Waals surface area contributed by atoms with Crippen LogP contribution in [-0.4, -0.2) is 44.6 Å². The number of nitrogens with one attached hydrogen (secondary N) is 1. The molecule has 1 aliphatic rings. The number of hydrogen-bond donors (Lipinski definition) is 2. The molecule has 2 heterocycles. The van der Waals surface area contributed by atoms with Gasteiger partial charge >= 0.3 is 11.8 Å². The number of nitrogens with zero attached hydrogens (tertiary/aromatic N) is 2. The number of aliphatic hydroxyl groups is 1. The van der Waals surface area contributed by atoms with Gasteiger partial charge < -0.3 is 19.3 Å². The average Bonchev–Trinajstić information content (AvgIpc) is 3.07. The van der Waals surface area contributed by atoms with Crippen molar-refractivity contribution in [3.8, 4) is 5.75 Å². The van der Waals surface area contributed by atoms with Gasteiger partial charge in [0.25, 0.3) is 11.2 Å². The monoisotopic (exact) mass is 407 g/mol. The van der Waals surface area contributed by atoms with Crippen molar-refractivity contribution in [2.24, 2.45) is 0 Å². The fourth-order valence-corrected chi connectivity index (χ4v) is 2.84. The molecular weight excluding hydrogens is 390 g/mol. The third-order valence-corrected chi connectivity index (χ3v) is 4.31. The van der Waals surface area contributed by atoms with Crippen LogP contribution >= 0.6 is 0 Å². The van der Waals surface area contributed by atoms with Crippen LogP contribution in [0.1, 0.15) is 18.2 Å². The number of benzene rings is 1. The van der Waals surface area contributed by atoms with Crippen LogP contribution in [0.4, 0.5) is 10.5 Å². The van der Waals surface area contributed by atoms with Crippen molar-refractivity contribution in [1.29, 1.82) is 0 Å². The topological polar surface area (TPSA) is 163 Å². The number of carbonyl (C=O) groups excluding carboxylic acids is 1. The summed E-state index contributed by atoms with van der Waals surface area (Å²) < 4.78 is 16.8. The van der Waals surface area contributed by atoms with Gasteiger partial charge in [-0.05, 0) is 19.1 Å². The van der Waals surface area contributed by atoms with E-state index in [1.165, 1.54) is 37.4 Å². The van der Waals surface area contributed by atoms with Crippen LogP contribution < -0.4 is 16.0 Å². The van der Waals surface area contributed by atoms with Crippen LogP contribution in [0.3, 0.4) is 0 Å². The Morgan fingerprint density at radius 2 is 2.07 bits per heavy atom. The number of aliphatic hydroxyl groups excluding tert-OH is 1. The molecule has 0 unspecified atom stereocenters. The summed E-state index contributed by atoms with van der Waals surface area (Å²) in [5, 5.41) is 20.1. The van der Waals surface area contributed by atoms with Crippen LogP contribution in [0.25, 0.3) is 0 Å². The predicted molar refractivity (Wildman–Crippen MR) is 95.7 cm³/mol. The van der Waals surface area contributed by atoms with Crippen molar-refractivity contribution in [3.05, 3.63) is 67.0 Å². The first-order valence-corrected chi connectivity index (χ1v) is 8.49. The summed E-state index contributed by atoms with van der Waals surface area (Å²) in [7, 11) is 0. The molecule has 2 aromatic rings. The van der Waals surface area contributed by atoms with Crippen molar-refractivity contribution in [2.75, 3.05) is 6.61 Å². The number of hydrogen-bond acceptors (Lipinski definition) is 9. The fourth-order valence-electron chi connectivity index (χ4n) is 2.84. The Kier molecular flexibility index (Phi) is 5.75. The smallest absolute Gasteiger partial charge is 0.428 e. The minimum Gasteiger partial charge on any atom is -0.428 e. The number of H-pyrrole nitrogens is 1. The molecule has 1 aliphatic heterocycles. The Bertz CT molecular complexity index is 1030. The molecule has 2 N–H and O–H groups in total. The number of aromatic nitrogens is 2. The van der Waals surface area contributed by atoms with Gasteiger partial charge in [0.2, 0.25) is 0 Å². The first kappa shape index (κ1) is 20.2. The van der Waals surface area contributed by atoms with Crippen molar-refractivity contribution >= 4 is 11.8 Å². The Morgan fingerprint density at radius 3 is 2.69 bits per heavy atom. The number of rotatable bonds is 5. The van der Waals surface area contributed by atoms with E-state index in [0.717, 1.165) is 4.57 Å². The molecule has 3 atom stereocenters. The Labute approximate surface area is 162 Å². The van der Waals surface area contributed by atoms with Crippen LogP contribution in [0.15, 0.2) is 40.1 Å². The van der Waals surface area contributed by atoms with Crippen LogP contribution in [-0.2, 0) is 9.47 Å². The lowest BCUT2D eigenvalue weighted by atomic mass is 10.2. The van der Waals surface area contributed by atoms with E-state index in [2.05, 4.69) is 4.98 Å². The largest absolute Gasteiger partial charge is 0.514 e. The molecule has 1 saturated heterocycles. The SMILES string of the molecule is Cc1cn([C@H]2C[C@@H](OC(=O)Oc3ccc([N+](=O)[O-])cc3)[C@@H](CO)O2)c(=O)[nH]c1=O. The molecule has 29 heavy (non-hydrogen) atoms. The summed E-state index contributed by atoms with van der Waals surface area (Å²) in [6.07, 6.45) is -2.45. The lowest BCUT2D eigenvalue weighted by molar-refractivity contribution is -0.384. The zero-order valence-corrected chi connectivity index (χ0v) is 15.1. The Hall–Kier alpha value is -3.51. The number of aromatic amines is 1. The number of carbonyl (C=O) groups is 1. The molecule has 0 saturated carbocycles. The molecule has 1 aromatic heterocycles. The molecule has 1 aromatic carbocycles. The van der Waals surface area contributed by atoms with Gasteiger partial charge in [-0.2, -0.15) is 0 Å².